The quantitative estimate of drug-likeness (QED) is 0.633. The molecule has 0 bridgehead atoms. The second-order valence-corrected chi connectivity index (χ2v) is 7.49. The van der Waals surface area contributed by atoms with E-state index >= 15 is 0 Å². The summed E-state index contributed by atoms with van der Waals surface area (Å²) in [5.41, 5.74) is 1.26. The van der Waals surface area contributed by atoms with Crippen molar-refractivity contribution >= 4 is 56.5 Å². The number of nitrogens with one attached hydrogen (secondary N) is 1. The number of carboxylic acids is 1. The van der Waals surface area contributed by atoms with Gasteiger partial charge in [0.05, 0.1) is 17.7 Å². The number of rotatable bonds is 6. The largest absolute Gasteiger partial charge is 0.497 e. The fourth-order valence-corrected chi connectivity index (χ4v) is 3.51. The smallest absolute Gasteiger partial charge is 0.341 e. The lowest BCUT2D eigenvalue weighted by Crippen LogP contribution is -2.19. The summed E-state index contributed by atoms with van der Waals surface area (Å²) in [6.07, 6.45) is 1.64. The number of amides is 1. The van der Waals surface area contributed by atoms with Gasteiger partial charge in [0, 0.05) is 10.0 Å². The van der Waals surface area contributed by atoms with Crippen LogP contribution in [0.3, 0.4) is 0 Å². The Kier molecular flexibility index (Phi) is 6.37. The summed E-state index contributed by atoms with van der Waals surface area (Å²) in [5.74, 6) is -0.284. The summed E-state index contributed by atoms with van der Waals surface area (Å²) in [6.45, 7) is -0.471. The Balaban J connectivity index is 1.83. The first-order valence-electron chi connectivity index (χ1n) is 8.02. The van der Waals surface area contributed by atoms with Crippen LogP contribution in [0, 0.1) is 0 Å². The van der Waals surface area contributed by atoms with Crippen LogP contribution in [0.1, 0.15) is 5.56 Å². The number of hydrogen-bond acceptors (Lipinski definition) is 6. The number of hydrogen-bond donors (Lipinski definition) is 2. The van der Waals surface area contributed by atoms with Gasteiger partial charge in [0.25, 0.3) is 5.91 Å². The Morgan fingerprint density at radius 2 is 2.04 bits per heavy atom. The predicted molar refractivity (Wildman–Crippen MR) is 111 cm³/mol. The zero-order valence-electron chi connectivity index (χ0n) is 14.6. The van der Waals surface area contributed by atoms with Crippen molar-refractivity contribution in [3.63, 3.8) is 0 Å². The van der Waals surface area contributed by atoms with E-state index in [-0.39, 0.29) is 5.91 Å². The molecule has 28 heavy (non-hydrogen) atoms. The van der Waals surface area contributed by atoms with Crippen molar-refractivity contribution in [3.05, 3.63) is 57.4 Å². The van der Waals surface area contributed by atoms with E-state index in [9.17, 15) is 9.59 Å². The van der Waals surface area contributed by atoms with E-state index in [1.807, 2.05) is 0 Å². The van der Waals surface area contributed by atoms with Crippen LogP contribution in [0.4, 0.5) is 5.69 Å². The highest BCUT2D eigenvalue weighted by atomic mass is 79.9. The van der Waals surface area contributed by atoms with Gasteiger partial charge in [0.2, 0.25) is 0 Å². The normalized spacial score (nSPS) is 16.3. The molecule has 0 radical (unpaired) electrons. The van der Waals surface area contributed by atoms with Crippen LogP contribution in [0.15, 0.2) is 56.8 Å². The first-order valence-corrected chi connectivity index (χ1v) is 9.63. The van der Waals surface area contributed by atoms with Crippen LogP contribution in [0.2, 0.25) is 0 Å². The lowest BCUT2D eigenvalue weighted by Gasteiger charge is -2.08. The minimum Gasteiger partial charge on any atom is -0.497 e. The molecule has 1 aliphatic heterocycles. The molecule has 0 unspecified atom stereocenters. The number of aliphatic carboxylic acids is 1. The summed E-state index contributed by atoms with van der Waals surface area (Å²) in [7, 11) is 1.58. The third kappa shape index (κ3) is 5.14. The first kappa shape index (κ1) is 20.0. The van der Waals surface area contributed by atoms with E-state index in [0.717, 1.165) is 10.2 Å². The van der Waals surface area contributed by atoms with Gasteiger partial charge in [-0.1, -0.05) is 15.9 Å². The van der Waals surface area contributed by atoms with E-state index in [2.05, 4.69) is 26.2 Å². The first-order chi connectivity index (χ1) is 13.4. The van der Waals surface area contributed by atoms with Crippen LogP contribution in [0.25, 0.3) is 6.08 Å². The molecule has 3 rings (SSSR count). The number of nitrogens with zero attached hydrogens (tertiary/aromatic N) is 1. The summed E-state index contributed by atoms with van der Waals surface area (Å²) < 4.78 is 11.2. The molecular formula is C19H15BrN2O5S. The molecule has 144 valence electrons. The highest BCUT2D eigenvalue weighted by Gasteiger charge is 2.24. The van der Waals surface area contributed by atoms with E-state index in [1.54, 1.807) is 55.7 Å². The number of methoxy groups -OCH3 is 1. The number of aliphatic imine (C=N–C) groups is 1. The van der Waals surface area contributed by atoms with E-state index in [0.29, 0.717) is 27.1 Å². The Morgan fingerprint density at radius 3 is 2.71 bits per heavy atom. The lowest BCUT2D eigenvalue weighted by atomic mass is 10.2. The number of carbonyl (C=O) groups is 2. The maximum atomic E-state index is 12.3. The second-order valence-electron chi connectivity index (χ2n) is 5.54. The molecule has 1 fully saturated rings. The molecular weight excluding hydrogens is 448 g/mol. The summed E-state index contributed by atoms with van der Waals surface area (Å²) in [5, 5.41) is 12.0. The fraction of sp³-hybridized carbons (Fsp3) is 0.105. The topological polar surface area (TPSA) is 97.2 Å². The minimum atomic E-state index is -1.08. The van der Waals surface area contributed by atoms with Crippen molar-refractivity contribution in [2.24, 2.45) is 4.99 Å². The van der Waals surface area contributed by atoms with Crippen LogP contribution in [-0.2, 0) is 9.59 Å². The van der Waals surface area contributed by atoms with Gasteiger partial charge in [0.15, 0.2) is 11.8 Å². The highest BCUT2D eigenvalue weighted by Crippen LogP contribution is 2.32. The maximum absolute atomic E-state index is 12.3. The average molecular weight is 463 g/mol. The Morgan fingerprint density at radius 1 is 1.29 bits per heavy atom. The maximum Gasteiger partial charge on any atom is 0.341 e. The molecule has 0 aromatic heterocycles. The molecule has 2 aromatic carbocycles. The molecule has 2 aromatic rings. The third-order valence-electron chi connectivity index (χ3n) is 3.56. The molecule has 1 heterocycles. The molecule has 2 N–H and O–H groups in total. The van der Waals surface area contributed by atoms with Gasteiger partial charge in [-0.05, 0) is 60.3 Å². The van der Waals surface area contributed by atoms with Crippen molar-refractivity contribution in [1.82, 2.24) is 5.32 Å². The van der Waals surface area contributed by atoms with Gasteiger partial charge in [-0.3, -0.25) is 4.79 Å². The molecule has 1 aliphatic rings. The standard InChI is InChI=1S/C19H15BrN2O5S/c1-26-14-5-3-13(4-6-14)21-19-22-18(25)16(28-19)9-11-8-12(20)2-7-15(11)27-10-17(23)24/h2-9H,10H2,1H3,(H,23,24)(H,21,22,25)/b16-9+. The van der Waals surface area contributed by atoms with E-state index < -0.39 is 12.6 Å². The Hall–Kier alpha value is -2.78. The third-order valence-corrected chi connectivity index (χ3v) is 4.97. The highest BCUT2D eigenvalue weighted by molar-refractivity contribution is 9.10. The van der Waals surface area contributed by atoms with E-state index in [4.69, 9.17) is 14.6 Å². The second kappa shape index (κ2) is 8.94. The summed E-state index contributed by atoms with van der Waals surface area (Å²) >= 11 is 4.56. The van der Waals surface area contributed by atoms with Gasteiger partial charge in [-0.2, -0.15) is 0 Å². The SMILES string of the molecule is COc1ccc(N=C2NC(=O)/C(=C\c3cc(Br)ccc3OCC(=O)O)S2)cc1. The zero-order chi connectivity index (χ0) is 20.1. The zero-order valence-corrected chi connectivity index (χ0v) is 17.0. The van der Waals surface area contributed by atoms with Crippen molar-refractivity contribution in [3.8, 4) is 11.5 Å². The number of carboxylic acid groups (broad SMARTS) is 1. The number of halogens is 1. The minimum absolute atomic E-state index is 0.290. The number of carbonyl (C=O) groups excluding carboxylic acids is 1. The number of benzene rings is 2. The van der Waals surface area contributed by atoms with Crippen molar-refractivity contribution in [2.75, 3.05) is 13.7 Å². The molecule has 1 saturated heterocycles. The van der Waals surface area contributed by atoms with Crippen molar-refractivity contribution < 1.29 is 24.2 Å². The van der Waals surface area contributed by atoms with Crippen molar-refractivity contribution in [1.29, 1.82) is 0 Å². The van der Waals surface area contributed by atoms with Crippen LogP contribution >= 0.6 is 27.7 Å². The number of ether oxygens (including phenoxy) is 2. The molecule has 0 saturated carbocycles. The van der Waals surface area contributed by atoms with Crippen LogP contribution < -0.4 is 14.8 Å². The van der Waals surface area contributed by atoms with Gasteiger partial charge in [-0.15, -0.1) is 0 Å². The summed E-state index contributed by atoms with van der Waals surface area (Å²) in [6, 6.07) is 12.3. The molecule has 7 nitrogen and oxygen atoms in total. The number of amidine groups is 1. The van der Waals surface area contributed by atoms with Crippen LogP contribution in [-0.4, -0.2) is 35.9 Å². The Bertz CT molecular complexity index is 973. The monoisotopic (exact) mass is 462 g/mol. The molecule has 9 heteroatoms. The fourth-order valence-electron chi connectivity index (χ4n) is 2.30. The lowest BCUT2D eigenvalue weighted by molar-refractivity contribution is -0.139. The van der Waals surface area contributed by atoms with Gasteiger partial charge in [-0.25, -0.2) is 9.79 Å². The number of thioether (sulfide) groups is 1. The summed E-state index contributed by atoms with van der Waals surface area (Å²) in [4.78, 5) is 27.9. The van der Waals surface area contributed by atoms with Gasteiger partial charge < -0.3 is 19.9 Å². The van der Waals surface area contributed by atoms with Gasteiger partial charge >= 0.3 is 5.97 Å². The molecule has 1 amide bonds. The van der Waals surface area contributed by atoms with Crippen LogP contribution in [0.5, 0.6) is 11.5 Å². The van der Waals surface area contributed by atoms with Gasteiger partial charge in [0.1, 0.15) is 11.5 Å². The average Bonchev–Trinajstić information content (AvgIpc) is 3.00. The molecule has 0 aliphatic carbocycles. The van der Waals surface area contributed by atoms with E-state index in [1.165, 1.54) is 11.8 Å². The molecule has 0 atom stereocenters. The van der Waals surface area contributed by atoms with Crippen molar-refractivity contribution in [2.45, 2.75) is 0 Å². The predicted octanol–water partition coefficient (Wildman–Crippen LogP) is 3.81. The molecule has 0 spiro atoms. The Labute approximate surface area is 173 Å².